The maximum Gasteiger partial charge on any atom is 0.263 e. The molecule has 0 saturated carbocycles. The zero-order valence-electron chi connectivity index (χ0n) is 10.9. The highest BCUT2D eigenvalue weighted by molar-refractivity contribution is 7.93. The van der Waals surface area contributed by atoms with E-state index in [1.54, 1.807) is 6.92 Å². The number of rotatable bonds is 5. The van der Waals surface area contributed by atoms with Crippen molar-refractivity contribution in [1.82, 2.24) is 10.3 Å². The fourth-order valence-electron chi connectivity index (χ4n) is 1.17. The summed E-state index contributed by atoms with van der Waals surface area (Å²) in [4.78, 5) is 15.8. The Balaban J connectivity index is 2.59. The zero-order chi connectivity index (χ0) is 14.3. The Morgan fingerprint density at radius 1 is 1.42 bits per heavy atom. The summed E-state index contributed by atoms with van der Waals surface area (Å²) in [7, 11) is -3.34. The van der Waals surface area contributed by atoms with E-state index in [-0.39, 0.29) is 16.0 Å². The summed E-state index contributed by atoms with van der Waals surface area (Å²) in [5, 5.41) is 2.67. The van der Waals surface area contributed by atoms with E-state index in [1.165, 1.54) is 6.20 Å². The molecule has 1 rings (SSSR count). The number of nitrogens with one attached hydrogen (secondary N) is 1. The summed E-state index contributed by atoms with van der Waals surface area (Å²) in [6.45, 7) is 3.95. The quantitative estimate of drug-likeness (QED) is 0.660. The zero-order valence-corrected chi connectivity index (χ0v) is 12.5. The Labute approximate surface area is 117 Å². The van der Waals surface area contributed by atoms with Gasteiger partial charge in [-0.05, 0) is 0 Å². The average molecular weight is 300 g/mol. The third-order valence-corrected chi connectivity index (χ3v) is 5.39. The van der Waals surface area contributed by atoms with Crippen molar-refractivity contribution in [3.8, 4) is 11.8 Å². The van der Waals surface area contributed by atoms with Gasteiger partial charge >= 0.3 is 0 Å². The van der Waals surface area contributed by atoms with Crippen LogP contribution in [-0.2, 0) is 9.84 Å². The Hall–Kier alpha value is -1.39. The van der Waals surface area contributed by atoms with Crippen molar-refractivity contribution in [2.45, 2.75) is 31.0 Å². The molecule has 1 aromatic rings. The fourth-order valence-corrected chi connectivity index (χ4v) is 3.32. The van der Waals surface area contributed by atoms with Crippen molar-refractivity contribution < 1.29 is 13.2 Å². The van der Waals surface area contributed by atoms with Crippen LogP contribution in [0.2, 0.25) is 0 Å². The Morgan fingerprint density at radius 2 is 2.16 bits per heavy atom. The Kier molecular flexibility index (Phi) is 5.99. The summed E-state index contributed by atoms with van der Waals surface area (Å²) in [6.07, 6.45) is 2.67. The van der Waals surface area contributed by atoms with Gasteiger partial charge in [0, 0.05) is 19.4 Å². The molecule has 104 valence electrons. The van der Waals surface area contributed by atoms with Gasteiger partial charge in [-0.15, -0.1) is 11.8 Å². The normalized spacial score (nSPS) is 10.6. The minimum Gasteiger partial charge on any atom is -0.350 e. The second-order valence-corrected chi connectivity index (χ2v) is 7.09. The first-order valence-electron chi connectivity index (χ1n) is 5.93. The third kappa shape index (κ3) is 4.65. The maximum atomic E-state index is 11.7. The minimum absolute atomic E-state index is 0.00840. The predicted octanol–water partition coefficient (Wildman–Crippen LogP) is 1.47. The third-order valence-electron chi connectivity index (χ3n) is 2.19. The van der Waals surface area contributed by atoms with Gasteiger partial charge in [0.2, 0.25) is 14.2 Å². The highest BCUT2D eigenvalue weighted by Crippen LogP contribution is 2.19. The molecular formula is C12H16N2O3S2. The number of hydrogen-bond donors (Lipinski definition) is 1. The van der Waals surface area contributed by atoms with Crippen LogP contribution < -0.4 is 5.32 Å². The highest BCUT2D eigenvalue weighted by Gasteiger charge is 2.18. The van der Waals surface area contributed by atoms with Gasteiger partial charge in [-0.1, -0.05) is 25.2 Å². The molecule has 0 radical (unpaired) electrons. The van der Waals surface area contributed by atoms with Crippen LogP contribution in [0.1, 0.15) is 36.4 Å². The molecule has 0 aliphatic heterocycles. The monoisotopic (exact) mass is 300 g/mol. The summed E-state index contributed by atoms with van der Waals surface area (Å²) < 4.78 is 23.1. The Bertz CT molecular complexity index is 594. The maximum absolute atomic E-state index is 11.7. The highest BCUT2D eigenvalue weighted by atomic mass is 32.2. The summed E-state index contributed by atoms with van der Waals surface area (Å²) in [5.74, 6) is 5.48. The molecule has 0 bridgehead atoms. The van der Waals surface area contributed by atoms with E-state index in [0.717, 1.165) is 17.8 Å². The Morgan fingerprint density at radius 3 is 2.79 bits per heavy atom. The van der Waals surface area contributed by atoms with Crippen molar-refractivity contribution in [2.75, 3.05) is 12.3 Å². The van der Waals surface area contributed by atoms with Crippen molar-refractivity contribution in [3.63, 3.8) is 0 Å². The van der Waals surface area contributed by atoms with Crippen LogP contribution in [0.3, 0.4) is 0 Å². The first-order chi connectivity index (χ1) is 9.01. The molecule has 19 heavy (non-hydrogen) atoms. The summed E-state index contributed by atoms with van der Waals surface area (Å²) in [6, 6.07) is 0. The van der Waals surface area contributed by atoms with Crippen molar-refractivity contribution in [1.29, 1.82) is 0 Å². The lowest BCUT2D eigenvalue weighted by molar-refractivity contribution is 0.0958. The molecule has 0 saturated heterocycles. The van der Waals surface area contributed by atoms with Gasteiger partial charge in [-0.2, -0.15) is 0 Å². The van der Waals surface area contributed by atoms with E-state index >= 15 is 0 Å². The topological polar surface area (TPSA) is 76.1 Å². The number of sulfone groups is 1. The molecule has 0 aromatic carbocycles. The molecule has 0 aliphatic carbocycles. The molecule has 1 amide bonds. The smallest absolute Gasteiger partial charge is 0.263 e. The average Bonchev–Trinajstić information content (AvgIpc) is 2.88. The first-order valence-corrected chi connectivity index (χ1v) is 8.40. The molecule has 5 nitrogen and oxygen atoms in total. The van der Waals surface area contributed by atoms with Crippen molar-refractivity contribution in [3.05, 3.63) is 11.1 Å². The second-order valence-electron chi connectivity index (χ2n) is 3.61. The molecule has 0 aliphatic rings. The van der Waals surface area contributed by atoms with Crippen LogP contribution in [0.5, 0.6) is 0 Å². The number of thiazole rings is 1. The molecule has 0 spiro atoms. The molecular weight excluding hydrogens is 284 g/mol. The molecule has 1 N–H and O–H groups in total. The van der Waals surface area contributed by atoms with Crippen molar-refractivity contribution in [2.24, 2.45) is 0 Å². The lowest BCUT2D eigenvalue weighted by Crippen LogP contribution is -2.23. The van der Waals surface area contributed by atoms with Crippen LogP contribution in [-0.4, -0.2) is 31.6 Å². The van der Waals surface area contributed by atoms with E-state index in [4.69, 9.17) is 0 Å². The first kappa shape index (κ1) is 15.7. The molecule has 7 heteroatoms. The molecule has 0 atom stereocenters. The van der Waals surface area contributed by atoms with Gasteiger partial charge in [-0.3, -0.25) is 4.79 Å². The minimum atomic E-state index is -3.34. The lowest BCUT2D eigenvalue weighted by Gasteiger charge is -1.98. The van der Waals surface area contributed by atoms with Crippen LogP contribution >= 0.6 is 11.3 Å². The van der Waals surface area contributed by atoms with Gasteiger partial charge in [0.15, 0.2) is 0 Å². The predicted molar refractivity (Wildman–Crippen MR) is 74.9 cm³/mol. The van der Waals surface area contributed by atoms with Crippen LogP contribution in [0, 0.1) is 11.8 Å². The van der Waals surface area contributed by atoms with Gasteiger partial charge < -0.3 is 5.32 Å². The van der Waals surface area contributed by atoms with E-state index in [2.05, 4.69) is 22.1 Å². The number of nitrogens with zero attached hydrogens (tertiary/aromatic N) is 1. The van der Waals surface area contributed by atoms with E-state index < -0.39 is 9.84 Å². The molecule has 1 heterocycles. The van der Waals surface area contributed by atoms with Gasteiger partial charge in [0.05, 0.1) is 11.9 Å². The van der Waals surface area contributed by atoms with Crippen LogP contribution in [0.15, 0.2) is 10.5 Å². The number of carbonyl (C=O) groups excluding carboxylic acids is 1. The lowest BCUT2D eigenvalue weighted by atomic mass is 10.4. The number of amides is 1. The molecule has 0 unspecified atom stereocenters. The standard InChI is InChI=1S/C12H16N2O3S2/c1-3-5-6-7-8-13-11(15)10-9-14-12(18-10)19(16,17)4-2/h9H,3-4,7-8H2,1-2H3,(H,13,15). The van der Waals surface area contributed by atoms with Crippen molar-refractivity contribution >= 4 is 27.1 Å². The van der Waals surface area contributed by atoms with E-state index in [1.807, 2.05) is 6.92 Å². The van der Waals surface area contributed by atoms with Crippen LogP contribution in [0.25, 0.3) is 0 Å². The SMILES string of the molecule is CCC#CCCNC(=O)c1cnc(S(=O)(=O)CC)s1. The molecule has 0 fully saturated rings. The fraction of sp³-hybridized carbons (Fsp3) is 0.500. The van der Waals surface area contributed by atoms with Crippen LogP contribution in [0.4, 0.5) is 0 Å². The molecule has 1 aromatic heterocycles. The largest absolute Gasteiger partial charge is 0.350 e. The van der Waals surface area contributed by atoms with Gasteiger partial charge in [0.1, 0.15) is 4.88 Å². The van der Waals surface area contributed by atoms with Gasteiger partial charge in [0.25, 0.3) is 5.91 Å². The van der Waals surface area contributed by atoms with E-state index in [9.17, 15) is 13.2 Å². The number of hydrogen-bond acceptors (Lipinski definition) is 5. The summed E-state index contributed by atoms with van der Waals surface area (Å²) >= 11 is 0.894. The summed E-state index contributed by atoms with van der Waals surface area (Å²) in [5.41, 5.74) is 0. The number of aromatic nitrogens is 1. The van der Waals surface area contributed by atoms with E-state index in [0.29, 0.717) is 17.8 Å². The second kappa shape index (κ2) is 7.26. The van der Waals surface area contributed by atoms with Gasteiger partial charge in [-0.25, -0.2) is 13.4 Å². The number of carbonyl (C=O) groups is 1.